The quantitative estimate of drug-likeness (QED) is 0.522. The Morgan fingerprint density at radius 2 is 2.04 bits per heavy atom. The maximum atomic E-state index is 5.30. The zero-order valence-electron chi connectivity index (χ0n) is 14.4. The summed E-state index contributed by atoms with van der Waals surface area (Å²) in [7, 11) is 0. The lowest BCUT2D eigenvalue weighted by atomic mass is 10.3. The summed E-state index contributed by atoms with van der Waals surface area (Å²) < 4.78 is 6.99. The molecule has 0 amide bonds. The first-order valence-corrected chi connectivity index (χ1v) is 8.36. The van der Waals surface area contributed by atoms with Crippen LogP contribution in [0, 0.1) is 6.92 Å². The van der Waals surface area contributed by atoms with E-state index in [0.717, 1.165) is 22.4 Å². The molecule has 0 saturated heterocycles. The molecule has 0 atom stereocenters. The van der Waals surface area contributed by atoms with Crippen molar-refractivity contribution in [3.05, 3.63) is 60.3 Å². The van der Waals surface area contributed by atoms with Gasteiger partial charge in [0.2, 0.25) is 0 Å². The van der Waals surface area contributed by atoms with Gasteiger partial charge in [-0.2, -0.15) is 9.61 Å². The van der Waals surface area contributed by atoms with Gasteiger partial charge in [0.25, 0.3) is 0 Å². The second kappa shape index (κ2) is 6.13. The monoisotopic (exact) mass is 358 g/mol. The van der Waals surface area contributed by atoms with Crippen molar-refractivity contribution >= 4 is 22.4 Å². The molecule has 0 fully saturated rings. The van der Waals surface area contributed by atoms with Gasteiger partial charge in [0, 0.05) is 18.5 Å². The van der Waals surface area contributed by atoms with E-state index in [0.29, 0.717) is 29.5 Å². The molecule has 0 radical (unpaired) electrons. The average Bonchev–Trinajstić information content (AvgIpc) is 3.32. The summed E-state index contributed by atoms with van der Waals surface area (Å²) in [5.74, 6) is 1.27. The van der Waals surface area contributed by atoms with Crippen LogP contribution in [0.25, 0.3) is 28.1 Å². The Labute approximate surface area is 153 Å². The van der Waals surface area contributed by atoms with Crippen LogP contribution in [-0.2, 0) is 6.54 Å². The molecule has 1 N–H and O–H groups in total. The highest BCUT2D eigenvalue weighted by molar-refractivity contribution is 5.86. The van der Waals surface area contributed by atoms with Gasteiger partial charge in [-0.1, -0.05) is 5.16 Å². The minimum Gasteiger partial charge on any atom is -0.376 e. The molecule has 0 aliphatic rings. The van der Waals surface area contributed by atoms with E-state index in [1.807, 2.05) is 43.3 Å². The number of nitrogens with zero attached hydrogens (tertiary/aromatic N) is 7. The van der Waals surface area contributed by atoms with Crippen LogP contribution in [0.15, 0.2) is 53.3 Å². The Bertz CT molecular complexity index is 1250. The number of aryl methyl sites for hydroxylation is 1. The van der Waals surface area contributed by atoms with Gasteiger partial charge in [-0.25, -0.2) is 0 Å². The molecule has 9 heteroatoms. The van der Waals surface area contributed by atoms with E-state index in [1.165, 1.54) is 0 Å². The molecule has 0 bridgehead atoms. The van der Waals surface area contributed by atoms with E-state index >= 15 is 0 Å². The van der Waals surface area contributed by atoms with Crippen molar-refractivity contribution in [1.82, 2.24) is 34.9 Å². The Kier molecular flexibility index (Phi) is 3.49. The van der Waals surface area contributed by atoms with E-state index in [4.69, 9.17) is 4.52 Å². The van der Waals surface area contributed by atoms with Crippen LogP contribution in [0.1, 0.15) is 11.5 Å². The van der Waals surface area contributed by atoms with Gasteiger partial charge < -0.3 is 9.84 Å². The first kappa shape index (κ1) is 15.4. The predicted molar refractivity (Wildman–Crippen MR) is 97.9 cm³/mol. The first-order valence-electron chi connectivity index (χ1n) is 8.36. The number of rotatable bonds is 4. The minimum absolute atomic E-state index is 0.433. The number of pyridine rings is 2. The lowest BCUT2D eigenvalue weighted by Gasteiger charge is -2.07. The second-order valence-electron chi connectivity index (χ2n) is 6.02. The highest BCUT2D eigenvalue weighted by Gasteiger charge is 2.12. The van der Waals surface area contributed by atoms with Gasteiger partial charge in [-0.15, -0.1) is 10.2 Å². The number of aromatic nitrogens is 7. The topological polar surface area (TPSA) is 107 Å². The summed E-state index contributed by atoms with van der Waals surface area (Å²) in [5.41, 5.74) is 4.63. The lowest BCUT2D eigenvalue weighted by Crippen LogP contribution is -2.07. The molecule has 0 spiro atoms. The summed E-state index contributed by atoms with van der Waals surface area (Å²) in [4.78, 5) is 8.72. The Balaban J connectivity index is 1.48. The summed E-state index contributed by atoms with van der Waals surface area (Å²) >= 11 is 0. The normalized spacial score (nSPS) is 11.3. The summed E-state index contributed by atoms with van der Waals surface area (Å²) in [6, 6.07) is 11.2. The van der Waals surface area contributed by atoms with E-state index < -0.39 is 0 Å². The fourth-order valence-electron chi connectivity index (χ4n) is 2.86. The van der Waals surface area contributed by atoms with E-state index in [9.17, 15) is 0 Å². The fourth-order valence-corrected chi connectivity index (χ4v) is 2.86. The molecule has 5 aromatic heterocycles. The molecule has 5 rings (SSSR count). The van der Waals surface area contributed by atoms with Crippen LogP contribution in [-0.4, -0.2) is 34.9 Å². The van der Waals surface area contributed by atoms with E-state index in [2.05, 4.69) is 35.7 Å². The van der Waals surface area contributed by atoms with Crippen molar-refractivity contribution in [1.29, 1.82) is 0 Å². The van der Waals surface area contributed by atoms with Crippen LogP contribution in [0.5, 0.6) is 0 Å². The lowest BCUT2D eigenvalue weighted by molar-refractivity contribution is 0.425. The smallest absolute Gasteiger partial charge is 0.187 e. The number of hydrogen-bond donors (Lipinski definition) is 1. The first-order chi connectivity index (χ1) is 13.3. The minimum atomic E-state index is 0.433. The Morgan fingerprint density at radius 3 is 2.93 bits per heavy atom. The highest BCUT2D eigenvalue weighted by atomic mass is 16.5. The molecule has 0 aromatic carbocycles. The summed E-state index contributed by atoms with van der Waals surface area (Å²) in [6.45, 7) is 2.30. The van der Waals surface area contributed by atoms with Gasteiger partial charge in [-0.05, 0) is 37.3 Å². The molecule has 9 nitrogen and oxygen atoms in total. The third kappa shape index (κ3) is 2.74. The highest BCUT2D eigenvalue weighted by Crippen LogP contribution is 2.20. The van der Waals surface area contributed by atoms with Gasteiger partial charge in [0.1, 0.15) is 11.2 Å². The standard InChI is InChI=1S/C18H14N8O/c1-11-9-15(27-25-11)12-4-5-16-22-23-17(26(16)24-12)10-21-14-6-8-19-13-3-2-7-20-18(13)14/h2-9H,10H2,1H3,(H,19,21). The SMILES string of the molecule is Cc1cc(-c2ccc3nnc(CNc4ccnc5cccnc45)n3n2)on1. The molecule has 132 valence electrons. The van der Waals surface area contributed by atoms with Crippen LogP contribution in [0.2, 0.25) is 0 Å². The number of hydrogen-bond acceptors (Lipinski definition) is 8. The number of nitrogens with one attached hydrogen (secondary N) is 1. The van der Waals surface area contributed by atoms with Crippen molar-refractivity contribution in [2.24, 2.45) is 0 Å². The zero-order valence-corrected chi connectivity index (χ0v) is 14.4. The van der Waals surface area contributed by atoms with Gasteiger partial charge in [-0.3, -0.25) is 9.97 Å². The molecule has 0 unspecified atom stereocenters. The van der Waals surface area contributed by atoms with Crippen LogP contribution in [0.4, 0.5) is 5.69 Å². The molecule has 0 aliphatic heterocycles. The molecular formula is C18H14N8O. The molecular weight excluding hydrogens is 344 g/mol. The van der Waals surface area contributed by atoms with E-state index in [1.54, 1.807) is 16.9 Å². The van der Waals surface area contributed by atoms with Crippen molar-refractivity contribution in [2.75, 3.05) is 5.32 Å². The van der Waals surface area contributed by atoms with Crippen LogP contribution < -0.4 is 5.32 Å². The Morgan fingerprint density at radius 1 is 1.07 bits per heavy atom. The Hall–Kier alpha value is -3.88. The summed E-state index contributed by atoms with van der Waals surface area (Å²) in [6.07, 6.45) is 3.49. The molecule has 5 aromatic rings. The van der Waals surface area contributed by atoms with Gasteiger partial charge in [0.05, 0.1) is 23.4 Å². The molecule has 0 aliphatic carbocycles. The van der Waals surface area contributed by atoms with Crippen molar-refractivity contribution < 1.29 is 4.52 Å². The third-order valence-electron chi connectivity index (χ3n) is 4.14. The van der Waals surface area contributed by atoms with Crippen molar-refractivity contribution in [2.45, 2.75) is 13.5 Å². The van der Waals surface area contributed by atoms with E-state index in [-0.39, 0.29) is 0 Å². The average molecular weight is 358 g/mol. The third-order valence-corrected chi connectivity index (χ3v) is 4.14. The number of fused-ring (bicyclic) bond motifs is 2. The number of anilines is 1. The zero-order chi connectivity index (χ0) is 18.2. The van der Waals surface area contributed by atoms with Crippen molar-refractivity contribution in [3.63, 3.8) is 0 Å². The molecule has 27 heavy (non-hydrogen) atoms. The predicted octanol–water partition coefficient (Wildman–Crippen LogP) is 2.64. The maximum Gasteiger partial charge on any atom is 0.187 e. The maximum absolute atomic E-state index is 5.30. The second-order valence-corrected chi connectivity index (χ2v) is 6.02. The largest absolute Gasteiger partial charge is 0.376 e. The van der Waals surface area contributed by atoms with Crippen LogP contribution in [0.3, 0.4) is 0 Å². The molecule has 0 saturated carbocycles. The van der Waals surface area contributed by atoms with Crippen LogP contribution >= 0.6 is 0 Å². The summed E-state index contributed by atoms with van der Waals surface area (Å²) in [5, 5.41) is 20.2. The fraction of sp³-hybridized carbons (Fsp3) is 0.111. The van der Waals surface area contributed by atoms with Gasteiger partial charge >= 0.3 is 0 Å². The van der Waals surface area contributed by atoms with Crippen molar-refractivity contribution in [3.8, 4) is 11.5 Å². The molecule has 5 heterocycles. The van der Waals surface area contributed by atoms with Gasteiger partial charge in [0.15, 0.2) is 17.2 Å².